The van der Waals surface area contributed by atoms with Crippen molar-refractivity contribution in [1.82, 2.24) is 14.9 Å². The summed E-state index contributed by atoms with van der Waals surface area (Å²) in [6, 6.07) is 10.2. The molecule has 0 unspecified atom stereocenters. The van der Waals surface area contributed by atoms with Gasteiger partial charge in [-0.1, -0.05) is 20.8 Å². The van der Waals surface area contributed by atoms with E-state index in [9.17, 15) is 0 Å². The summed E-state index contributed by atoms with van der Waals surface area (Å²) in [5.74, 6) is 1.28. The van der Waals surface area contributed by atoms with E-state index in [0.717, 1.165) is 39.4 Å². The van der Waals surface area contributed by atoms with Crippen molar-refractivity contribution in [3.05, 3.63) is 30.3 Å². The second-order valence-electron chi connectivity index (χ2n) is 10.4. The van der Waals surface area contributed by atoms with Crippen LogP contribution < -0.4 is 14.8 Å². The summed E-state index contributed by atoms with van der Waals surface area (Å²) in [6.07, 6.45) is 3.66. The number of anilines is 1. The maximum atomic E-state index is 5.85. The molecule has 6 nitrogen and oxygen atoms in total. The van der Waals surface area contributed by atoms with Gasteiger partial charge in [0.25, 0.3) is 0 Å². The Hall–Kier alpha value is -2.67. The van der Waals surface area contributed by atoms with Crippen LogP contribution in [-0.2, 0) is 0 Å². The smallest absolute Gasteiger partial charge is 0.173 e. The molecule has 0 spiro atoms. The van der Waals surface area contributed by atoms with Crippen molar-refractivity contribution in [3.63, 3.8) is 0 Å². The van der Waals surface area contributed by atoms with Gasteiger partial charge in [0.05, 0.1) is 36.3 Å². The minimum absolute atomic E-state index is 0.339. The van der Waals surface area contributed by atoms with Crippen molar-refractivity contribution in [3.8, 4) is 11.5 Å². The van der Waals surface area contributed by atoms with Crippen molar-refractivity contribution in [2.45, 2.75) is 46.1 Å². The molecule has 1 saturated heterocycles. The highest BCUT2D eigenvalue weighted by atomic mass is 32.1. The number of thiocarbonyl (C=S) groups is 1. The van der Waals surface area contributed by atoms with Gasteiger partial charge in [-0.05, 0) is 60.5 Å². The first-order valence-corrected chi connectivity index (χ1v) is 11.5. The predicted molar refractivity (Wildman–Crippen MR) is 133 cm³/mol. The Balaban J connectivity index is 1.42. The first kappa shape index (κ1) is 21.2. The van der Waals surface area contributed by atoms with Crippen LogP contribution in [0.4, 0.5) is 5.69 Å². The Morgan fingerprint density at radius 1 is 0.969 bits per heavy atom. The van der Waals surface area contributed by atoms with E-state index in [0.29, 0.717) is 28.4 Å². The van der Waals surface area contributed by atoms with Crippen molar-refractivity contribution in [2.24, 2.45) is 10.8 Å². The second kappa shape index (κ2) is 7.44. The molecule has 1 saturated carbocycles. The standard InChI is InChI=1S/C25H30N4O2S/c1-24(2)11-16-12-25(3,13-24)14-29(16)23(32)26-15-6-7-17-18(8-15)28-20-10-22(31-5)21(30-4)9-19(20)27-17/h6-10,16H,11-14H2,1-5H3,(H,26,32)/t16-,25+/m1/s1. The van der Waals surface area contributed by atoms with Crippen molar-refractivity contribution in [1.29, 1.82) is 0 Å². The normalized spacial score (nSPS) is 24.0. The lowest BCUT2D eigenvalue weighted by atomic mass is 9.65. The van der Waals surface area contributed by atoms with E-state index < -0.39 is 0 Å². The van der Waals surface area contributed by atoms with Gasteiger partial charge in [-0.3, -0.25) is 0 Å². The lowest BCUT2D eigenvalue weighted by Crippen LogP contribution is -2.39. The number of aromatic nitrogens is 2. The SMILES string of the molecule is COc1cc2nc3ccc(NC(=S)N4C[C@@]5(C)C[C@H]4CC(C)(C)C5)cc3nc2cc1OC. The number of nitrogens with one attached hydrogen (secondary N) is 1. The van der Waals surface area contributed by atoms with E-state index in [2.05, 4.69) is 31.0 Å². The molecular formula is C25H30N4O2S. The summed E-state index contributed by atoms with van der Waals surface area (Å²) in [7, 11) is 3.24. The molecule has 1 aliphatic carbocycles. The van der Waals surface area contributed by atoms with Gasteiger partial charge in [0.15, 0.2) is 16.6 Å². The summed E-state index contributed by atoms with van der Waals surface area (Å²) in [5.41, 5.74) is 4.81. The molecule has 2 aliphatic rings. The minimum atomic E-state index is 0.339. The molecule has 168 valence electrons. The van der Waals surface area contributed by atoms with Gasteiger partial charge >= 0.3 is 0 Å². The van der Waals surface area contributed by atoms with Gasteiger partial charge in [0.2, 0.25) is 0 Å². The average Bonchev–Trinajstić information content (AvgIpc) is 2.99. The number of fused-ring (bicyclic) bond motifs is 4. The van der Waals surface area contributed by atoms with Gasteiger partial charge in [0, 0.05) is 30.4 Å². The van der Waals surface area contributed by atoms with Crippen LogP contribution in [0.2, 0.25) is 0 Å². The maximum absolute atomic E-state index is 5.85. The Labute approximate surface area is 194 Å². The molecule has 2 heterocycles. The molecule has 0 radical (unpaired) electrons. The first-order valence-electron chi connectivity index (χ1n) is 11.1. The van der Waals surface area contributed by atoms with E-state index in [1.165, 1.54) is 19.3 Å². The summed E-state index contributed by atoms with van der Waals surface area (Å²) < 4.78 is 10.8. The third-order valence-electron chi connectivity index (χ3n) is 6.86. The van der Waals surface area contributed by atoms with Gasteiger partial charge < -0.3 is 19.7 Å². The van der Waals surface area contributed by atoms with E-state index in [4.69, 9.17) is 31.7 Å². The summed E-state index contributed by atoms with van der Waals surface area (Å²) in [4.78, 5) is 12.0. The summed E-state index contributed by atoms with van der Waals surface area (Å²) >= 11 is 5.85. The monoisotopic (exact) mass is 450 g/mol. The Morgan fingerprint density at radius 3 is 2.25 bits per heavy atom. The third kappa shape index (κ3) is 3.72. The molecule has 1 N–H and O–H groups in total. The predicted octanol–water partition coefficient (Wildman–Crippen LogP) is 5.40. The Morgan fingerprint density at radius 2 is 1.59 bits per heavy atom. The van der Waals surface area contributed by atoms with Crippen LogP contribution in [0.15, 0.2) is 30.3 Å². The van der Waals surface area contributed by atoms with Crippen LogP contribution in [-0.4, -0.2) is 46.8 Å². The zero-order chi connectivity index (χ0) is 22.7. The average molecular weight is 451 g/mol. The molecule has 2 atom stereocenters. The van der Waals surface area contributed by atoms with Crippen LogP contribution in [0.3, 0.4) is 0 Å². The van der Waals surface area contributed by atoms with E-state index in [-0.39, 0.29) is 0 Å². The largest absolute Gasteiger partial charge is 0.493 e. The van der Waals surface area contributed by atoms with E-state index in [1.807, 2.05) is 30.3 Å². The molecule has 1 aromatic heterocycles. The molecule has 32 heavy (non-hydrogen) atoms. The molecule has 3 aromatic rings. The topological polar surface area (TPSA) is 59.5 Å². The highest BCUT2D eigenvalue weighted by Crippen LogP contribution is 2.52. The van der Waals surface area contributed by atoms with Crippen LogP contribution in [0.5, 0.6) is 11.5 Å². The lowest BCUT2D eigenvalue weighted by molar-refractivity contribution is 0.132. The van der Waals surface area contributed by atoms with Crippen LogP contribution in [0.1, 0.15) is 40.0 Å². The fourth-order valence-electron chi connectivity index (χ4n) is 5.97. The molecule has 0 amide bonds. The molecule has 5 rings (SSSR count). The highest BCUT2D eigenvalue weighted by molar-refractivity contribution is 7.80. The van der Waals surface area contributed by atoms with Crippen LogP contribution in [0, 0.1) is 10.8 Å². The number of hydrogen-bond acceptors (Lipinski definition) is 5. The molecule has 2 fully saturated rings. The van der Waals surface area contributed by atoms with Crippen LogP contribution >= 0.6 is 12.2 Å². The third-order valence-corrected chi connectivity index (χ3v) is 7.20. The van der Waals surface area contributed by atoms with Gasteiger partial charge in [-0.15, -0.1) is 0 Å². The fraction of sp³-hybridized carbons (Fsp3) is 0.480. The minimum Gasteiger partial charge on any atom is -0.493 e. The molecular weight excluding hydrogens is 420 g/mol. The number of nitrogens with zero attached hydrogens (tertiary/aromatic N) is 3. The molecule has 1 aliphatic heterocycles. The Kier molecular flexibility index (Phi) is 4.93. The number of likely N-dealkylation sites (tertiary alicyclic amines) is 1. The van der Waals surface area contributed by atoms with Gasteiger partial charge in [0.1, 0.15) is 0 Å². The Bertz CT molecular complexity index is 1230. The summed E-state index contributed by atoms with van der Waals surface area (Å²) in [5, 5.41) is 4.27. The highest BCUT2D eigenvalue weighted by Gasteiger charge is 2.50. The second-order valence-corrected chi connectivity index (χ2v) is 10.8. The van der Waals surface area contributed by atoms with Crippen molar-refractivity contribution < 1.29 is 9.47 Å². The van der Waals surface area contributed by atoms with Crippen molar-refractivity contribution >= 4 is 45.1 Å². The van der Waals surface area contributed by atoms with Gasteiger partial charge in [-0.2, -0.15) is 0 Å². The molecule has 2 aromatic carbocycles. The number of hydrogen-bond donors (Lipinski definition) is 1. The zero-order valence-corrected chi connectivity index (χ0v) is 20.2. The van der Waals surface area contributed by atoms with E-state index in [1.54, 1.807) is 14.2 Å². The van der Waals surface area contributed by atoms with Crippen LogP contribution in [0.25, 0.3) is 22.1 Å². The summed E-state index contributed by atoms with van der Waals surface area (Å²) in [6.45, 7) is 8.19. The number of benzene rings is 2. The lowest BCUT2D eigenvalue weighted by Gasteiger charge is -2.39. The quantitative estimate of drug-likeness (QED) is 0.424. The molecule has 7 heteroatoms. The maximum Gasteiger partial charge on any atom is 0.173 e. The fourth-order valence-corrected chi connectivity index (χ4v) is 6.31. The number of rotatable bonds is 3. The first-order chi connectivity index (χ1) is 15.2. The van der Waals surface area contributed by atoms with Crippen molar-refractivity contribution in [2.75, 3.05) is 26.1 Å². The van der Waals surface area contributed by atoms with Gasteiger partial charge in [-0.25, -0.2) is 9.97 Å². The molecule has 2 bridgehead atoms. The zero-order valence-electron chi connectivity index (χ0n) is 19.4. The van der Waals surface area contributed by atoms with E-state index >= 15 is 0 Å². The number of ether oxygens (including phenoxy) is 2. The number of methoxy groups -OCH3 is 2.